The lowest BCUT2D eigenvalue weighted by molar-refractivity contribution is 0.189. The van der Waals surface area contributed by atoms with Crippen LogP contribution < -0.4 is 14.4 Å². The highest BCUT2D eigenvalue weighted by Gasteiger charge is 2.32. The molecule has 1 N–H and O–H groups in total. The lowest BCUT2D eigenvalue weighted by Gasteiger charge is -2.37. The van der Waals surface area contributed by atoms with Crippen LogP contribution >= 0.6 is 23.5 Å². The van der Waals surface area contributed by atoms with Gasteiger partial charge in [0.15, 0.2) is 0 Å². The quantitative estimate of drug-likeness (QED) is 0.343. The van der Waals surface area contributed by atoms with Crippen LogP contribution in [0.2, 0.25) is 5.15 Å². The van der Waals surface area contributed by atoms with E-state index in [9.17, 15) is 0 Å². The van der Waals surface area contributed by atoms with Gasteiger partial charge in [-0.1, -0.05) is 62.7 Å². The predicted molar refractivity (Wildman–Crippen MR) is 123 cm³/mol. The molecule has 3 heterocycles. The van der Waals surface area contributed by atoms with Gasteiger partial charge in [0, 0.05) is 17.1 Å². The SMILES string of the molecule is CC(C)(C)c1c(Cl)nc2nc1OC1CN(Cc3ccccc31)c1cccc(c1)SN2. The van der Waals surface area contributed by atoms with Gasteiger partial charge >= 0.3 is 0 Å². The Hall–Kier alpha value is -2.44. The number of anilines is 2. The van der Waals surface area contributed by atoms with Gasteiger partial charge in [0.1, 0.15) is 11.3 Å². The highest BCUT2D eigenvalue weighted by molar-refractivity contribution is 8.00. The lowest BCUT2D eigenvalue weighted by Crippen LogP contribution is -2.36. The summed E-state index contributed by atoms with van der Waals surface area (Å²) in [6, 6.07) is 16.9. The van der Waals surface area contributed by atoms with Crippen molar-refractivity contribution < 1.29 is 4.74 Å². The van der Waals surface area contributed by atoms with Gasteiger partial charge in [-0.05, 0) is 46.7 Å². The number of benzene rings is 2. The molecule has 1 atom stereocenters. The molecule has 0 radical (unpaired) electrons. The minimum Gasteiger partial charge on any atom is -0.467 e. The van der Waals surface area contributed by atoms with Crippen LogP contribution in [0.25, 0.3) is 0 Å². The maximum absolute atomic E-state index is 6.63. The molecule has 30 heavy (non-hydrogen) atoms. The van der Waals surface area contributed by atoms with Crippen LogP contribution in [0.3, 0.4) is 0 Å². The molecule has 5 rings (SSSR count). The molecule has 5 nitrogen and oxygen atoms in total. The van der Waals surface area contributed by atoms with E-state index in [4.69, 9.17) is 21.3 Å². The fourth-order valence-corrected chi connectivity index (χ4v) is 5.09. The first-order valence-electron chi connectivity index (χ1n) is 9.99. The fourth-order valence-electron chi connectivity index (χ4n) is 4.02. The van der Waals surface area contributed by atoms with Crippen molar-refractivity contribution >= 4 is 35.2 Å². The Labute approximate surface area is 186 Å². The average molecular weight is 439 g/mol. The molecule has 1 aromatic heterocycles. The molecule has 0 saturated carbocycles. The normalized spacial score (nSPS) is 17.7. The molecule has 2 aromatic carbocycles. The Kier molecular flexibility index (Phi) is 4.79. The summed E-state index contributed by atoms with van der Waals surface area (Å²) in [6.45, 7) is 7.88. The Balaban J connectivity index is 1.70. The molecule has 6 bridgehead atoms. The Morgan fingerprint density at radius 1 is 1.13 bits per heavy atom. The van der Waals surface area contributed by atoms with Crippen molar-refractivity contribution in [1.29, 1.82) is 0 Å². The topological polar surface area (TPSA) is 50.3 Å². The monoisotopic (exact) mass is 438 g/mol. The van der Waals surface area contributed by atoms with E-state index in [2.05, 4.69) is 83.9 Å². The number of hydrogen-bond donors (Lipinski definition) is 1. The highest BCUT2D eigenvalue weighted by atomic mass is 35.5. The summed E-state index contributed by atoms with van der Waals surface area (Å²) < 4.78 is 9.84. The van der Waals surface area contributed by atoms with E-state index in [0.29, 0.717) is 17.0 Å². The van der Waals surface area contributed by atoms with Crippen LogP contribution in [-0.2, 0) is 12.0 Å². The molecule has 0 aliphatic carbocycles. The van der Waals surface area contributed by atoms with E-state index in [1.165, 1.54) is 28.8 Å². The van der Waals surface area contributed by atoms with E-state index in [-0.39, 0.29) is 11.5 Å². The van der Waals surface area contributed by atoms with Crippen LogP contribution in [0.15, 0.2) is 53.4 Å². The Bertz CT molecular complexity index is 1110. The molecule has 2 aliphatic rings. The molecule has 3 aromatic rings. The minimum atomic E-state index is -0.257. The van der Waals surface area contributed by atoms with Crippen molar-refractivity contribution in [2.75, 3.05) is 16.2 Å². The van der Waals surface area contributed by atoms with Crippen LogP contribution in [0.4, 0.5) is 11.6 Å². The van der Waals surface area contributed by atoms with Gasteiger partial charge in [0.25, 0.3) is 0 Å². The fraction of sp³-hybridized carbons (Fsp3) is 0.304. The summed E-state index contributed by atoms with van der Waals surface area (Å²) in [5.41, 5.74) is 4.20. The maximum atomic E-state index is 6.63. The summed E-state index contributed by atoms with van der Waals surface area (Å²) in [5.74, 6) is 0.983. The second kappa shape index (κ2) is 7.36. The molecular formula is C23H23ClN4OS. The number of halogens is 1. The number of hydrogen-bond acceptors (Lipinski definition) is 6. The number of rotatable bonds is 0. The second-order valence-electron chi connectivity index (χ2n) is 8.66. The summed E-state index contributed by atoms with van der Waals surface area (Å²) in [6.07, 6.45) is -0.161. The molecule has 7 heteroatoms. The summed E-state index contributed by atoms with van der Waals surface area (Å²) in [4.78, 5) is 12.7. The molecule has 0 fully saturated rings. The van der Waals surface area contributed by atoms with Crippen molar-refractivity contribution in [1.82, 2.24) is 9.97 Å². The summed E-state index contributed by atoms with van der Waals surface area (Å²) in [5, 5.41) is 0.419. The smallest absolute Gasteiger partial charge is 0.237 e. The van der Waals surface area contributed by atoms with Gasteiger partial charge in [0.05, 0.1) is 12.1 Å². The third kappa shape index (κ3) is 3.59. The number of aromatic nitrogens is 2. The standard InChI is InChI=1S/C23H23ClN4OS/c1-23(2,3)19-20(24)25-22-26-21(19)29-18-13-28(12-14-7-4-5-10-17(14)18)15-8-6-9-16(11-15)30-27-22/h4-11,18H,12-13H2,1-3H3,(H,25,26,27). The maximum Gasteiger partial charge on any atom is 0.237 e. The van der Waals surface area contributed by atoms with Gasteiger partial charge in [-0.2, -0.15) is 9.97 Å². The average Bonchev–Trinajstić information content (AvgIpc) is 2.70. The molecule has 1 unspecified atom stereocenters. The van der Waals surface area contributed by atoms with Crippen molar-refractivity contribution in [3.05, 3.63) is 70.4 Å². The zero-order valence-corrected chi connectivity index (χ0v) is 18.7. The van der Waals surface area contributed by atoms with Crippen molar-refractivity contribution in [3.8, 4) is 5.88 Å². The third-order valence-corrected chi connectivity index (χ3v) is 6.48. The van der Waals surface area contributed by atoms with Crippen LogP contribution in [0, 0.1) is 0 Å². The van der Waals surface area contributed by atoms with Crippen LogP contribution in [0.1, 0.15) is 43.6 Å². The Morgan fingerprint density at radius 2 is 1.97 bits per heavy atom. The largest absolute Gasteiger partial charge is 0.467 e. The van der Waals surface area contributed by atoms with Crippen LogP contribution in [-0.4, -0.2) is 16.5 Å². The van der Waals surface area contributed by atoms with Gasteiger partial charge in [-0.3, -0.25) is 4.72 Å². The third-order valence-electron chi connectivity index (χ3n) is 5.43. The molecule has 0 spiro atoms. The zero-order chi connectivity index (χ0) is 20.9. The zero-order valence-electron chi connectivity index (χ0n) is 17.1. The van der Waals surface area contributed by atoms with Crippen molar-refractivity contribution in [2.45, 2.75) is 43.7 Å². The van der Waals surface area contributed by atoms with Gasteiger partial charge in [0.2, 0.25) is 11.8 Å². The van der Waals surface area contributed by atoms with Gasteiger partial charge in [-0.15, -0.1) is 0 Å². The summed E-state index contributed by atoms with van der Waals surface area (Å²) in [7, 11) is 0. The first-order valence-corrected chi connectivity index (χ1v) is 11.2. The van der Waals surface area contributed by atoms with Crippen LogP contribution in [0.5, 0.6) is 5.88 Å². The number of fused-ring (bicyclic) bond motifs is 9. The number of nitrogens with zero attached hydrogens (tertiary/aromatic N) is 3. The minimum absolute atomic E-state index is 0.161. The van der Waals surface area contributed by atoms with E-state index in [0.717, 1.165) is 23.5 Å². The molecule has 2 aliphatic heterocycles. The Morgan fingerprint density at radius 3 is 2.80 bits per heavy atom. The first kappa shape index (κ1) is 19.5. The first-order chi connectivity index (χ1) is 14.4. The van der Waals surface area contributed by atoms with E-state index >= 15 is 0 Å². The van der Waals surface area contributed by atoms with E-state index in [1.807, 2.05) is 0 Å². The summed E-state index contributed by atoms with van der Waals surface area (Å²) >= 11 is 8.10. The van der Waals surface area contributed by atoms with Crippen molar-refractivity contribution in [3.63, 3.8) is 0 Å². The lowest BCUT2D eigenvalue weighted by atomic mass is 9.88. The molecule has 0 amide bonds. The molecule has 0 saturated heterocycles. The second-order valence-corrected chi connectivity index (χ2v) is 9.89. The van der Waals surface area contributed by atoms with Gasteiger partial charge in [-0.25, -0.2) is 0 Å². The predicted octanol–water partition coefficient (Wildman–Crippen LogP) is 6.00. The van der Waals surface area contributed by atoms with E-state index in [1.54, 1.807) is 0 Å². The highest BCUT2D eigenvalue weighted by Crippen LogP contribution is 2.41. The van der Waals surface area contributed by atoms with Crippen molar-refractivity contribution in [2.24, 2.45) is 0 Å². The van der Waals surface area contributed by atoms with E-state index < -0.39 is 0 Å². The molecule has 154 valence electrons. The number of nitrogens with one attached hydrogen (secondary N) is 1. The van der Waals surface area contributed by atoms with Gasteiger partial charge < -0.3 is 9.64 Å². The number of ether oxygens (including phenoxy) is 1. The molecular weight excluding hydrogens is 416 g/mol.